The molecule has 4 nitrogen and oxygen atoms in total. The summed E-state index contributed by atoms with van der Waals surface area (Å²) in [7, 11) is -3.80. The van der Waals surface area contributed by atoms with E-state index in [0.717, 1.165) is 12.8 Å². The molecule has 1 aliphatic rings. The highest BCUT2D eigenvalue weighted by molar-refractivity contribution is 9.10. The zero-order chi connectivity index (χ0) is 14.2. The molecule has 0 amide bonds. The van der Waals surface area contributed by atoms with Gasteiger partial charge in [-0.3, -0.25) is 0 Å². The number of rotatable bonds is 3. The van der Waals surface area contributed by atoms with Gasteiger partial charge >= 0.3 is 0 Å². The Bertz CT molecular complexity index is 592. The van der Waals surface area contributed by atoms with Crippen molar-refractivity contribution in [3.8, 4) is 0 Å². The molecule has 1 fully saturated rings. The highest BCUT2D eigenvalue weighted by Crippen LogP contribution is 2.30. The van der Waals surface area contributed by atoms with Crippen molar-refractivity contribution in [1.82, 2.24) is 4.31 Å². The molecular weight excluding hydrogens is 335 g/mol. The Hall–Kier alpha value is -0.500. The lowest BCUT2D eigenvalue weighted by atomic mass is 10.2. The second kappa shape index (κ2) is 5.47. The fourth-order valence-corrected chi connectivity index (χ4v) is 4.84. The Morgan fingerprint density at radius 3 is 2.74 bits per heavy atom. The molecule has 1 aromatic rings. The number of hydrogen-bond acceptors (Lipinski definition) is 3. The lowest BCUT2D eigenvalue weighted by Crippen LogP contribution is -2.34. The van der Waals surface area contributed by atoms with E-state index in [9.17, 15) is 12.8 Å². The molecule has 0 spiro atoms. The Balaban J connectivity index is 2.54. The molecule has 0 saturated carbocycles. The van der Waals surface area contributed by atoms with Crippen molar-refractivity contribution in [2.75, 3.05) is 6.54 Å². The first-order chi connectivity index (χ1) is 8.87. The molecular formula is C12H16BrFN2O2S. The van der Waals surface area contributed by atoms with Gasteiger partial charge in [0.15, 0.2) is 0 Å². The summed E-state index contributed by atoms with van der Waals surface area (Å²) in [5.74, 6) is -0.746. The molecule has 1 atom stereocenters. The molecule has 2 N–H and O–H groups in total. The first kappa shape index (κ1) is 14.9. The topological polar surface area (TPSA) is 63.4 Å². The van der Waals surface area contributed by atoms with Crippen molar-refractivity contribution < 1.29 is 12.8 Å². The predicted molar refractivity (Wildman–Crippen MR) is 74.6 cm³/mol. The van der Waals surface area contributed by atoms with Gasteiger partial charge in [-0.15, -0.1) is 0 Å². The molecule has 2 rings (SSSR count). The number of sulfonamides is 1. The van der Waals surface area contributed by atoms with Crippen LogP contribution >= 0.6 is 15.9 Å². The molecule has 1 heterocycles. The lowest BCUT2D eigenvalue weighted by molar-refractivity contribution is 0.404. The van der Waals surface area contributed by atoms with Crippen LogP contribution in [-0.2, 0) is 16.6 Å². The average Bonchev–Trinajstić information content (AvgIpc) is 2.78. The summed E-state index contributed by atoms with van der Waals surface area (Å²) in [6.45, 7) is 2.24. The molecule has 19 heavy (non-hydrogen) atoms. The minimum atomic E-state index is -3.80. The third kappa shape index (κ3) is 2.69. The molecule has 1 aromatic carbocycles. The van der Waals surface area contributed by atoms with Crippen molar-refractivity contribution in [2.45, 2.75) is 37.2 Å². The molecule has 0 aromatic heterocycles. The first-order valence-electron chi connectivity index (χ1n) is 6.07. The van der Waals surface area contributed by atoms with E-state index in [-0.39, 0.29) is 23.0 Å². The third-order valence-electron chi connectivity index (χ3n) is 3.38. The first-order valence-corrected chi connectivity index (χ1v) is 8.31. The van der Waals surface area contributed by atoms with Crippen LogP contribution < -0.4 is 5.73 Å². The van der Waals surface area contributed by atoms with Gasteiger partial charge in [0.25, 0.3) is 0 Å². The van der Waals surface area contributed by atoms with Crippen LogP contribution in [0.1, 0.15) is 25.3 Å². The maximum atomic E-state index is 14.2. The minimum Gasteiger partial charge on any atom is -0.326 e. The van der Waals surface area contributed by atoms with Crippen LogP contribution in [-0.4, -0.2) is 25.3 Å². The van der Waals surface area contributed by atoms with Gasteiger partial charge < -0.3 is 5.73 Å². The molecule has 1 aliphatic heterocycles. The molecule has 0 aliphatic carbocycles. The Morgan fingerprint density at radius 1 is 1.53 bits per heavy atom. The molecule has 1 saturated heterocycles. The standard InChI is InChI=1S/C12H16BrFN2O2S/c1-8-3-2-4-16(8)19(17,18)11-6-10(13)5-9(7-15)12(11)14/h5-6,8H,2-4,7,15H2,1H3. The average molecular weight is 351 g/mol. The van der Waals surface area contributed by atoms with E-state index in [0.29, 0.717) is 11.0 Å². The fourth-order valence-electron chi connectivity index (χ4n) is 2.34. The summed E-state index contributed by atoms with van der Waals surface area (Å²) in [6.07, 6.45) is 1.61. The maximum Gasteiger partial charge on any atom is 0.246 e. The smallest absolute Gasteiger partial charge is 0.246 e. The van der Waals surface area contributed by atoms with Crippen LogP contribution in [0.2, 0.25) is 0 Å². The number of nitrogens with two attached hydrogens (primary N) is 1. The van der Waals surface area contributed by atoms with Crippen LogP contribution in [0.3, 0.4) is 0 Å². The van der Waals surface area contributed by atoms with Crippen molar-refractivity contribution >= 4 is 26.0 Å². The van der Waals surface area contributed by atoms with Gasteiger partial charge in [-0.05, 0) is 31.9 Å². The fraction of sp³-hybridized carbons (Fsp3) is 0.500. The summed E-state index contributed by atoms with van der Waals surface area (Å²) in [5.41, 5.74) is 5.64. The summed E-state index contributed by atoms with van der Waals surface area (Å²) < 4.78 is 41.1. The maximum absolute atomic E-state index is 14.2. The van der Waals surface area contributed by atoms with Gasteiger partial charge in [0, 0.05) is 29.2 Å². The summed E-state index contributed by atoms with van der Waals surface area (Å²) in [6, 6.07) is 2.71. The van der Waals surface area contributed by atoms with Gasteiger partial charge in [-0.2, -0.15) is 4.31 Å². The highest BCUT2D eigenvalue weighted by atomic mass is 79.9. The number of halogens is 2. The summed E-state index contributed by atoms with van der Waals surface area (Å²) >= 11 is 3.20. The van der Waals surface area contributed by atoms with E-state index in [2.05, 4.69) is 15.9 Å². The van der Waals surface area contributed by atoms with E-state index in [4.69, 9.17) is 5.73 Å². The second-order valence-electron chi connectivity index (χ2n) is 4.69. The van der Waals surface area contributed by atoms with Crippen LogP contribution in [0, 0.1) is 5.82 Å². The van der Waals surface area contributed by atoms with E-state index in [1.807, 2.05) is 6.92 Å². The van der Waals surface area contributed by atoms with Crippen molar-refractivity contribution in [1.29, 1.82) is 0 Å². The van der Waals surface area contributed by atoms with Crippen molar-refractivity contribution in [2.24, 2.45) is 5.73 Å². The van der Waals surface area contributed by atoms with Crippen LogP contribution in [0.25, 0.3) is 0 Å². The predicted octanol–water partition coefficient (Wildman–Crippen LogP) is 2.22. The van der Waals surface area contributed by atoms with Gasteiger partial charge in [0.2, 0.25) is 10.0 Å². The summed E-state index contributed by atoms with van der Waals surface area (Å²) in [4.78, 5) is -0.295. The molecule has 0 bridgehead atoms. The van der Waals surface area contributed by atoms with Gasteiger partial charge in [-0.1, -0.05) is 15.9 Å². The molecule has 0 radical (unpaired) electrons. The van der Waals surface area contributed by atoms with Crippen LogP contribution in [0.4, 0.5) is 4.39 Å². The lowest BCUT2D eigenvalue weighted by Gasteiger charge is -2.22. The third-order valence-corrected chi connectivity index (χ3v) is 5.85. The molecule has 106 valence electrons. The second-order valence-corrected chi connectivity index (χ2v) is 7.46. The number of benzene rings is 1. The Labute approximate surface area is 121 Å². The summed E-state index contributed by atoms with van der Waals surface area (Å²) in [5, 5.41) is 0. The van der Waals surface area contributed by atoms with E-state index in [1.54, 1.807) is 0 Å². The van der Waals surface area contributed by atoms with E-state index < -0.39 is 15.8 Å². The quantitative estimate of drug-likeness (QED) is 0.908. The highest BCUT2D eigenvalue weighted by Gasteiger charge is 2.35. The zero-order valence-corrected chi connectivity index (χ0v) is 13.0. The normalized spacial score (nSPS) is 20.9. The van der Waals surface area contributed by atoms with Crippen molar-refractivity contribution in [3.05, 3.63) is 28.0 Å². The van der Waals surface area contributed by atoms with Gasteiger partial charge in [0.05, 0.1) is 0 Å². The Morgan fingerprint density at radius 2 is 2.21 bits per heavy atom. The largest absolute Gasteiger partial charge is 0.326 e. The monoisotopic (exact) mass is 350 g/mol. The SMILES string of the molecule is CC1CCCN1S(=O)(=O)c1cc(Br)cc(CN)c1F. The van der Waals surface area contributed by atoms with Crippen LogP contribution in [0.15, 0.2) is 21.5 Å². The number of nitrogens with zero attached hydrogens (tertiary/aromatic N) is 1. The van der Waals surface area contributed by atoms with Crippen molar-refractivity contribution in [3.63, 3.8) is 0 Å². The van der Waals surface area contributed by atoms with E-state index in [1.165, 1.54) is 16.4 Å². The molecule has 7 heteroatoms. The zero-order valence-electron chi connectivity index (χ0n) is 10.6. The van der Waals surface area contributed by atoms with E-state index >= 15 is 0 Å². The van der Waals surface area contributed by atoms with Crippen LogP contribution in [0.5, 0.6) is 0 Å². The Kier molecular flexibility index (Phi) is 4.29. The van der Waals surface area contributed by atoms with Gasteiger partial charge in [-0.25, -0.2) is 12.8 Å². The number of hydrogen-bond donors (Lipinski definition) is 1. The van der Waals surface area contributed by atoms with Gasteiger partial charge in [0.1, 0.15) is 10.7 Å². The molecule has 1 unspecified atom stereocenters. The minimum absolute atomic E-state index is 0.0383.